The third-order valence-corrected chi connectivity index (χ3v) is 4.04. The first-order chi connectivity index (χ1) is 8.08. The molecule has 2 atom stereocenters. The Morgan fingerprint density at radius 3 is 3.00 bits per heavy atom. The molecule has 2 N–H and O–H groups in total. The lowest BCUT2D eigenvalue weighted by Gasteiger charge is -2.35. The Kier molecular flexibility index (Phi) is 4.05. The van der Waals surface area contributed by atoms with Crippen molar-refractivity contribution in [3.05, 3.63) is 22.3 Å². The smallest absolute Gasteiger partial charge is 0.142 e. The van der Waals surface area contributed by atoms with Crippen LogP contribution in [-0.2, 0) is 0 Å². The van der Waals surface area contributed by atoms with Gasteiger partial charge in [0.15, 0.2) is 0 Å². The molecule has 94 valence electrons. The molecule has 2 unspecified atom stereocenters. The number of nitrogens with two attached hydrogens (primary N) is 1. The molecule has 1 aromatic heterocycles. The van der Waals surface area contributed by atoms with E-state index in [0.29, 0.717) is 5.92 Å². The summed E-state index contributed by atoms with van der Waals surface area (Å²) in [5, 5.41) is 0. The maximum Gasteiger partial charge on any atom is 0.142 e. The third-order valence-electron chi connectivity index (χ3n) is 3.46. The van der Waals surface area contributed by atoms with Gasteiger partial charge >= 0.3 is 0 Å². The number of pyridine rings is 1. The Labute approximate surface area is 112 Å². The molecule has 0 amide bonds. The van der Waals surface area contributed by atoms with Crippen molar-refractivity contribution >= 4 is 21.7 Å². The van der Waals surface area contributed by atoms with Crippen LogP contribution in [-0.4, -0.2) is 24.1 Å². The van der Waals surface area contributed by atoms with Crippen LogP contribution in [0.5, 0.6) is 0 Å². The summed E-state index contributed by atoms with van der Waals surface area (Å²) in [4.78, 5) is 6.88. The van der Waals surface area contributed by atoms with Crippen molar-refractivity contribution in [3.8, 4) is 0 Å². The minimum atomic E-state index is 0.266. The van der Waals surface area contributed by atoms with E-state index >= 15 is 0 Å². The molecule has 4 heteroatoms. The quantitative estimate of drug-likeness (QED) is 0.913. The summed E-state index contributed by atoms with van der Waals surface area (Å²) in [6.07, 6.45) is 4.36. The van der Waals surface area contributed by atoms with E-state index < -0.39 is 0 Å². The first-order valence-corrected chi connectivity index (χ1v) is 7.00. The highest BCUT2D eigenvalue weighted by atomic mass is 79.9. The van der Waals surface area contributed by atoms with Crippen molar-refractivity contribution < 1.29 is 0 Å². The molecular weight excluding hydrogens is 278 g/mol. The first kappa shape index (κ1) is 12.8. The molecule has 1 saturated heterocycles. The molecule has 0 radical (unpaired) electrons. The lowest BCUT2D eigenvalue weighted by Crippen LogP contribution is -2.42. The summed E-state index contributed by atoms with van der Waals surface area (Å²) < 4.78 is 1.09. The van der Waals surface area contributed by atoms with E-state index in [0.717, 1.165) is 23.4 Å². The molecule has 17 heavy (non-hydrogen) atoms. The average Bonchev–Trinajstić information content (AvgIpc) is 2.29. The first-order valence-electron chi connectivity index (χ1n) is 6.20. The zero-order valence-electron chi connectivity index (χ0n) is 10.5. The minimum absolute atomic E-state index is 0.266. The number of rotatable bonds is 2. The van der Waals surface area contributed by atoms with Gasteiger partial charge in [-0.3, -0.25) is 0 Å². The maximum atomic E-state index is 6.01. The second-order valence-electron chi connectivity index (χ2n) is 5.03. The SMILES string of the molecule is Cc1cnc(N2CCCC(C(C)N)C2)c(Br)c1. The van der Waals surface area contributed by atoms with Gasteiger partial charge in [0, 0.05) is 25.3 Å². The fraction of sp³-hybridized carbons (Fsp3) is 0.615. The van der Waals surface area contributed by atoms with E-state index in [1.165, 1.54) is 18.4 Å². The van der Waals surface area contributed by atoms with Crippen molar-refractivity contribution in [1.29, 1.82) is 0 Å². The maximum absolute atomic E-state index is 6.01. The summed E-state index contributed by atoms with van der Waals surface area (Å²) >= 11 is 3.60. The normalized spacial score (nSPS) is 22.6. The Morgan fingerprint density at radius 2 is 2.35 bits per heavy atom. The van der Waals surface area contributed by atoms with Gasteiger partial charge < -0.3 is 10.6 Å². The van der Waals surface area contributed by atoms with Crippen LogP contribution >= 0.6 is 15.9 Å². The van der Waals surface area contributed by atoms with Crippen molar-refractivity contribution in [3.63, 3.8) is 0 Å². The summed E-state index contributed by atoms with van der Waals surface area (Å²) in [6.45, 7) is 6.26. The highest BCUT2D eigenvalue weighted by Gasteiger charge is 2.24. The van der Waals surface area contributed by atoms with Crippen LogP contribution in [0, 0.1) is 12.8 Å². The monoisotopic (exact) mass is 297 g/mol. The van der Waals surface area contributed by atoms with E-state index in [4.69, 9.17) is 5.73 Å². The number of anilines is 1. The number of hydrogen-bond donors (Lipinski definition) is 1. The predicted molar refractivity (Wildman–Crippen MR) is 75.3 cm³/mol. The third kappa shape index (κ3) is 2.99. The van der Waals surface area contributed by atoms with Crippen LogP contribution in [0.1, 0.15) is 25.3 Å². The zero-order valence-corrected chi connectivity index (χ0v) is 12.1. The average molecular weight is 298 g/mol. The molecule has 2 heterocycles. The number of nitrogens with zero attached hydrogens (tertiary/aromatic N) is 2. The van der Waals surface area contributed by atoms with Crippen LogP contribution in [0.2, 0.25) is 0 Å². The molecule has 1 aliphatic rings. The van der Waals surface area contributed by atoms with Crippen molar-refractivity contribution in [2.75, 3.05) is 18.0 Å². The largest absolute Gasteiger partial charge is 0.355 e. The van der Waals surface area contributed by atoms with Crippen molar-refractivity contribution in [2.24, 2.45) is 11.7 Å². The molecule has 0 aromatic carbocycles. The zero-order chi connectivity index (χ0) is 12.4. The van der Waals surface area contributed by atoms with Gasteiger partial charge in [-0.1, -0.05) is 0 Å². The van der Waals surface area contributed by atoms with E-state index in [9.17, 15) is 0 Å². The van der Waals surface area contributed by atoms with Gasteiger partial charge in [0.25, 0.3) is 0 Å². The second-order valence-corrected chi connectivity index (χ2v) is 5.88. The predicted octanol–water partition coefficient (Wildman–Crippen LogP) is 2.72. The van der Waals surface area contributed by atoms with Crippen LogP contribution in [0.3, 0.4) is 0 Å². The van der Waals surface area contributed by atoms with Gasteiger partial charge in [-0.25, -0.2) is 4.98 Å². The Hall–Kier alpha value is -0.610. The van der Waals surface area contributed by atoms with Gasteiger partial charge in [-0.2, -0.15) is 0 Å². The number of halogens is 1. The highest BCUT2D eigenvalue weighted by Crippen LogP contribution is 2.29. The molecule has 1 aliphatic heterocycles. The van der Waals surface area contributed by atoms with Crippen LogP contribution in [0.4, 0.5) is 5.82 Å². The Morgan fingerprint density at radius 1 is 1.59 bits per heavy atom. The fourth-order valence-corrected chi connectivity index (χ4v) is 3.10. The summed E-state index contributed by atoms with van der Waals surface area (Å²) in [5.74, 6) is 1.64. The topological polar surface area (TPSA) is 42.2 Å². The number of aryl methyl sites for hydroxylation is 1. The molecule has 0 bridgehead atoms. The number of piperidine rings is 1. The molecular formula is C13H20BrN3. The van der Waals surface area contributed by atoms with E-state index in [1.807, 2.05) is 6.20 Å². The molecule has 0 spiro atoms. The van der Waals surface area contributed by atoms with E-state index in [2.05, 4.69) is 45.7 Å². The lowest BCUT2D eigenvalue weighted by molar-refractivity contribution is 0.363. The van der Waals surface area contributed by atoms with Gasteiger partial charge in [0.1, 0.15) is 5.82 Å². The number of hydrogen-bond acceptors (Lipinski definition) is 3. The van der Waals surface area contributed by atoms with E-state index in [-0.39, 0.29) is 6.04 Å². The van der Waals surface area contributed by atoms with Crippen molar-refractivity contribution in [1.82, 2.24) is 4.98 Å². The second kappa shape index (κ2) is 5.36. The van der Waals surface area contributed by atoms with Crippen LogP contribution in [0.25, 0.3) is 0 Å². The molecule has 0 aliphatic carbocycles. The molecule has 0 saturated carbocycles. The van der Waals surface area contributed by atoms with E-state index in [1.54, 1.807) is 0 Å². The fourth-order valence-electron chi connectivity index (χ4n) is 2.39. The van der Waals surface area contributed by atoms with Gasteiger partial charge in [-0.15, -0.1) is 0 Å². The summed E-state index contributed by atoms with van der Waals surface area (Å²) in [5.41, 5.74) is 7.19. The van der Waals surface area contributed by atoms with Crippen molar-refractivity contribution in [2.45, 2.75) is 32.7 Å². The Bertz CT molecular complexity index is 392. The molecule has 3 nitrogen and oxygen atoms in total. The molecule has 1 fully saturated rings. The van der Waals surface area contributed by atoms with Gasteiger partial charge in [-0.05, 0) is 60.2 Å². The van der Waals surface area contributed by atoms with Crippen LogP contribution in [0.15, 0.2) is 16.7 Å². The molecule has 2 rings (SSSR count). The van der Waals surface area contributed by atoms with Gasteiger partial charge in [0.05, 0.1) is 4.47 Å². The lowest BCUT2D eigenvalue weighted by atomic mass is 9.92. The summed E-state index contributed by atoms with van der Waals surface area (Å²) in [7, 11) is 0. The number of aromatic nitrogens is 1. The standard InChI is InChI=1S/C13H20BrN3/c1-9-6-12(14)13(16-7-9)17-5-3-4-11(8-17)10(2)15/h6-7,10-11H,3-5,8,15H2,1-2H3. The Balaban J connectivity index is 2.16. The summed E-state index contributed by atoms with van der Waals surface area (Å²) in [6, 6.07) is 2.39. The molecule has 1 aromatic rings. The minimum Gasteiger partial charge on any atom is -0.355 e. The highest BCUT2D eigenvalue weighted by molar-refractivity contribution is 9.10. The van der Waals surface area contributed by atoms with Crippen LogP contribution < -0.4 is 10.6 Å². The van der Waals surface area contributed by atoms with Gasteiger partial charge in [0.2, 0.25) is 0 Å².